The van der Waals surface area contributed by atoms with Gasteiger partial charge in [-0.3, -0.25) is 4.79 Å². The zero-order chi connectivity index (χ0) is 14.7. The molecule has 106 valence electrons. The molecule has 0 aromatic carbocycles. The van der Waals surface area contributed by atoms with E-state index in [0.717, 1.165) is 0 Å². The van der Waals surface area contributed by atoms with Gasteiger partial charge in [-0.15, -0.1) is 0 Å². The summed E-state index contributed by atoms with van der Waals surface area (Å²) in [5.41, 5.74) is 5.98. The number of anilines is 1. The molecule has 0 aliphatic rings. The second kappa shape index (κ2) is 5.73. The molecule has 0 spiro atoms. The zero-order valence-electron chi connectivity index (χ0n) is 11.9. The molecular weight excluding hydrogens is 248 g/mol. The van der Waals surface area contributed by atoms with E-state index in [9.17, 15) is 9.59 Å². The maximum Gasteiger partial charge on any atom is 0.360 e. The number of imidazole rings is 1. The fraction of sp³-hybridized carbons (Fsp3) is 0.583. The zero-order valence-corrected chi connectivity index (χ0v) is 11.9. The summed E-state index contributed by atoms with van der Waals surface area (Å²) in [6.07, 6.45) is 0.562. The van der Waals surface area contributed by atoms with Crippen molar-refractivity contribution in [2.75, 3.05) is 26.9 Å². The number of ether oxygens (including phenoxy) is 1. The predicted molar refractivity (Wildman–Crippen MR) is 70.8 cm³/mol. The Morgan fingerprint density at radius 2 is 2.05 bits per heavy atom. The summed E-state index contributed by atoms with van der Waals surface area (Å²) in [6, 6.07) is -0.518. The number of hydrogen-bond donors (Lipinski definition) is 1. The van der Waals surface area contributed by atoms with Gasteiger partial charge in [0.1, 0.15) is 17.7 Å². The lowest BCUT2D eigenvalue weighted by atomic mass is 10.2. The highest BCUT2D eigenvalue weighted by Gasteiger charge is 2.26. The van der Waals surface area contributed by atoms with Crippen LogP contribution in [0.4, 0.5) is 5.82 Å². The Labute approximate surface area is 112 Å². The first-order valence-electron chi connectivity index (χ1n) is 6.01. The van der Waals surface area contributed by atoms with Gasteiger partial charge in [-0.05, 0) is 6.92 Å². The van der Waals surface area contributed by atoms with E-state index in [1.54, 1.807) is 25.6 Å². The van der Waals surface area contributed by atoms with Gasteiger partial charge in [-0.1, -0.05) is 6.92 Å². The molecule has 0 fully saturated rings. The van der Waals surface area contributed by atoms with Gasteiger partial charge >= 0.3 is 5.97 Å². The van der Waals surface area contributed by atoms with Crippen molar-refractivity contribution in [1.29, 1.82) is 0 Å². The lowest BCUT2D eigenvalue weighted by Gasteiger charge is -2.20. The number of nitrogens with two attached hydrogens (primary N) is 1. The van der Waals surface area contributed by atoms with Crippen molar-refractivity contribution < 1.29 is 14.3 Å². The number of carbonyl (C=O) groups is 2. The molecule has 7 nitrogen and oxygen atoms in total. The van der Waals surface area contributed by atoms with E-state index >= 15 is 0 Å². The molecule has 1 aromatic rings. The molecule has 1 atom stereocenters. The number of amides is 1. The molecule has 1 rings (SSSR count). The minimum atomic E-state index is -0.601. The van der Waals surface area contributed by atoms with Crippen molar-refractivity contribution >= 4 is 17.7 Å². The minimum absolute atomic E-state index is 0.0535. The quantitative estimate of drug-likeness (QED) is 0.801. The Morgan fingerprint density at radius 3 is 2.47 bits per heavy atom. The van der Waals surface area contributed by atoms with Crippen molar-refractivity contribution in [3.63, 3.8) is 0 Å². The summed E-state index contributed by atoms with van der Waals surface area (Å²) in [6.45, 7) is 3.60. The smallest absolute Gasteiger partial charge is 0.360 e. The highest BCUT2D eigenvalue weighted by atomic mass is 16.5. The van der Waals surface area contributed by atoms with Crippen LogP contribution in [0.5, 0.6) is 0 Å². The Morgan fingerprint density at radius 1 is 1.47 bits per heavy atom. The molecule has 1 heterocycles. The van der Waals surface area contributed by atoms with E-state index in [4.69, 9.17) is 5.73 Å². The van der Waals surface area contributed by atoms with Gasteiger partial charge in [0.15, 0.2) is 5.69 Å². The molecule has 0 bridgehead atoms. The molecule has 19 heavy (non-hydrogen) atoms. The summed E-state index contributed by atoms with van der Waals surface area (Å²) in [5.74, 6) is 0.0256. The average Bonchev–Trinajstić information content (AvgIpc) is 2.72. The number of likely N-dealkylation sites (N-methyl/N-ethyl adjacent to an activating group) is 1. The third-order valence-electron chi connectivity index (χ3n) is 2.90. The Bertz CT molecular complexity index is 493. The van der Waals surface area contributed by atoms with Gasteiger partial charge in [0.2, 0.25) is 5.91 Å². The number of nitrogens with zero attached hydrogens (tertiary/aromatic N) is 3. The molecule has 1 aromatic heterocycles. The van der Waals surface area contributed by atoms with E-state index in [0.29, 0.717) is 12.2 Å². The summed E-state index contributed by atoms with van der Waals surface area (Å²) in [7, 11) is 4.60. The fourth-order valence-electron chi connectivity index (χ4n) is 1.91. The van der Waals surface area contributed by atoms with Crippen molar-refractivity contribution in [3.05, 3.63) is 11.5 Å². The monoisotopic (exact) mass is 268 g/mol. The normalized spacial score (nSPS) is 12.1. The Hall–Kier alpha value is -2.05. The van der Waals surface area contributed by atoms with Crippen LogP contribution in [0.25, 0.3) is 0 Å². The molecule has 0 saturated heterocycles. The van der Waals surface area contributed by atoms with Gasteiger partial charge < -0.3 is 19.9 Å². The topological polar surface area (TPSA) is 90.4 Å². The molecule has 2 N–H and O–H groups in total. The van der Waals surface area contributed by atoms with Crippen LogP contribution in [0.3, 0.4) is 0 Å². The van der Waals surface area contributed by atoms with Crippen LogP contribution in [0, 0.1) is 0 Å². The van der Waals surface area contributed by atoms with Crippen molar-refractivity contribution in [2.45, 2.75) is 26.3 Å². The lowest BCUT2D eigenvalue weighted by Crippen LogP contribution is -2.31. The van der Waals surface area contributed by atoms with Gasteiger partial charge in [0.05, 0.1) is 7.11 Å². The molecular formula is C12H20N4O3. The number of rotatable bonds is 4. The summed E-state index contributed by atoms with van der Waals surface area (Å²) in [4.78, 5) is 29.2. The molecule has 0 radical (unpaired) electrons. The predicted octanol–water partition coefficient (Wildman–Crippen LogP) is 0.463. The molecule has 1 amide bonds. The van der Waals surface area contributed by atoms with E-state index in [-0.39, 0.29) is 17.4 Å². The van der Waals surface area contributed by atoms with Crippen LogP contribution in [0.1, 0.15) is 36.2 Å². The molecule has 0 aliphatic heterocycles. The summed E-state index contributed by atoms with van der Waals surface area (Å²) >= 11 is 0. The van der Waals surface area contributed by atoms with E-state index in [1.165, 1.54) is 12.0 Å². The Balaban J connectivity index is 3.30. The number of hydrogen-bond acceptors (Lipinski definition) is 5. The van der Waals surface area contributed by atoms with Crippen LogP contribution in [-0.4, -0.2) is 47.5 Å². The minimum Gasteiger partial charge on any atom is -0.464 e. The van der Waals surface area contributed by atoms with Crippen LogP contribution < -0.4 is 5.73 Å². The molecule has 0 aliphatic carbocycles. The van der Waals surface area contributed by atoms with Crippen LogP contribution >= 0.6 is 0 Å². The lowest BCUT2D eigenvalue weighted by molar-refractivity contribution is -0.131. The first-order chi connectivity index (χ1) is 8.84. The third kappa shape index (κ3) is 2.69. The number of methoxy groups -OCH3 is 1. The van der Waals surface area contributed by atoms with Crippen LogP contribution in [-0.2, 0) is 16.0 Å². The SMILES string of the molecule is CCc1nc(C(=O)OC)c(N)n1C(C)C(=O)N(C)C. The van der Waals surface area contributed by atoms with Crippen molar-refractivity contribution in [3.8, 4) is 0 Å². The third-order valence-corrected chi connectivity index (χ3v) is 2.90. The summed E-state index contributed by atoms with van der Waals surface area (Å²) < 4.78 is 6.21. The second-order valence-corrected chi connectivity index (χ2v) is 4.39. The van der Waals surface area contributed by atoms with Gasteiger partial charge in [0, 0.05) is 20.5 Å². The van der Waals surface area contributed by atoms with Crippen molar-refractivity contribution in [2.24, 2.45) is 0 Å². The van der Waals surface area contributed by atoms with Crippen LogP contribution in [0.2, 0.25) is 0 Å². The number of esters is 1. The van der Waals surface area contributed by atoms with E-state index in [1.807, 2.05) is 6.92 Å². The first-order valence-corrected chi connectivity index (χ1v) is 6.01. The maximum absolute atomic E-state index is 12.0. The second-order valence-electron chi connectivity index (χ2n) is 4.39. The van der Waals surface area contributed by atoms with Gasteiger partial charge in [-0.25, -0.2) is 9.78 Å². The highest BCUT2D eigenvalue weighted by Crippen LogP contribution is 2.22. The molecule has 7 heteroatoms. The summed E-state index contributed by atoms with van der Waals surface area (Å²) in [5, 5.41) is 0. The number of nitrogen functional groups attached to an aromatic ring is 1. The molecule has 0 saturated carbocycles. The number of aromatic nitrogens is 2. The average molecular weight is 268 g/mol. The number of carbonyl (C=O) groups excluding carboxylic acids is 2. The highest BCUT2D eigenvalue weighted by molar-refractivity contribution is 5.93. The van der Waals surface area contributed by atoms with Crippen LogP contribution in [0.15, 0.2) is 0 Å². The molecule has 1 unspecified atom stereocenters. The fourth-order valence-corrected chi connectivity index (χ4v) is 1.91. The maximum atomic E-state index is 12.0. The van der Waals surface area contributed by atoms with E-state index < -0.39 is 12.0 Å². The number of aryl methyl sites for hydroxylation is 1. The standard InChI is InChI=1S/C12H20N4O3/c1-6-8-14-9(12(18)19-5)10(13)16(8)7(2)11(17)15(3)4/h7H,6,13H2,1-5H3. The van der Waals surface area contributed by atoms with Gasteiger partial charge in [-0.2, -0.15) is 0 Å². The van der Waals surface area contributed by atoms with E-state index in [2.05, 4.69) is 9.72 Å². The first kappa shape index (κ1) is 15.0. The van der Waals surface area contributed by atoms with Gasteiger partial charge in [0.25, 0.3) is 0 Å². The Kier molecular flexibility index (Phi) is 4.52. The largest absolute Gasteiger partial charge is 0.464 e. The van der Waals surface area contributed by atoms with Crippen molar-refractivity contribution in [1.82, 2.24) is 14.5 Å².